The van der Waals surface area contributed by atoms with Gasteiger partial charge in [0.2, 0.25) is 0 Å². The van der Waals surface area contributed by atoms with E-state index in [4.69, 9.17) is 22.2 Å². The normalized spacial score (nSPS) is 37.3. The predicted octanol–water partition coefficient (Wildman–Crippen LogP) is 4.28. The van der Waals surface area contributed by atoms with Crippen molar-refractivity contribution in [1.82, 2.24) is 0 Å². The average molecular weight is 235 g/mol. The Morgan fingerprint density at radius 3 is 2.69 bits per heavy atom. The molecule has 13 heavy (non-hydrogen) atoms. The molecule has 0 unspecified atom stereocenters. The average Bonchev–Trinajstić information content (AvgIpc) is 2.62. The maximum absolute atomic E-state index is 6.36. The van der Waals surface area contributed by atoms with E-state index in [1.54, 1.807) is 0 Å². The van der Waals surface area contributed by atoms with Gasteiger partial charge in [-0.1, -0.05) is 19.1 Å². The van der Waals surface area contributed by atoms with Gasteiger partial charge in [-0.15, -0.1) is 22.2 Å². The number of halogens is 2. The minimum Gasteiger partial charge on any atom is -0.146 e. The van der Waals surface area contributed by atoms with Gasteiger partial charge in [-0.05, 0) is 42.7 Å². The van der Waals surface area contributed by atoms with Gasteiger partial charge in [0.15, 0.2) is 0 Å². The molecular weight excluding hydrogens is 219 g/mol. The van der Waals surface area contributed by atoms with Gasteiger partial charge in [0.05, 0.1) is 0 Å². The first-order valence-electron chi connectivity index (χ1n) is 5.12. The molecule has 0 heterocycles. The largest absolute Gasteiger partial charge is 0.251 e. The number of rotatable bonds is 3. The van der Waals surface area contributed by atoms with Gasteiger partial charge < -0.3 is 0 Å². The number of hydrogen-bond donors (Lipinski definition) is 0. The third-order valence-electron chi connectivity index (χ3n) is 3.53. The second-order valence-electron chi connectivity index (χ2n) is 4.61. The van der Waals surface area contributed by atoms with Crippen LogP contribution in [0.5, 0.6) is 0 Å². The summed E-state index contributed by atoms with van der Waals surface area (Å²) in [6.07, 6.45) is 8.77. The van der Waals surface area contributed by atoms with Crippen LogP contribution in [0.2, 0.25) is 12.1 Å². The Labute approximate surface area is 90.7 Å². The highest BCUT2D eigenvalue weighted by Crippen LogP contribution is 2.54. The van der Waals surface area contributed by atoms with Gasteiger partial charge in [-0.3, -0.25) is 0 Å². The highest BCUT2D eigenvalue weighted by Gasteiger charge is 2.45. The molecular formula is C10H16Cl2Si. The van der Waals surface area contributed by atoms with Crippen molar-refractivity contribution in [2.45, 2.75) is 38.3 Å². The molecule has 0 spiro atoms. The van der Waals surface area contributed by atoms with E-state index in [0.29, 0.717) is 5.41 Å². The summed E-state index contributed by atoms with van der Waals surface area (Å²) in [7, 11) is 0. The van der Waals surface area contributed by atoms with Crippen LogP contribution in [0.25, 0.3) is 0 Å². The fourth-order valence-electron chi connectivity index (χ4n) is 2.71. The Morgan fingerprint density at radius 2 is 2.31 bits per heavy atom. The quantitative estimate of drug-likeness (QED) is 0.389. The summed E-state index contributed by atoms with van der Waals surface area (Å²) in [6, 6.07) is 2.06. The van der Waals surface area contributed by atoms with Crippen LogP contribution in [0.4, 0.5) is 0 Å². The standard InChI is InChI=1S/C10H16Cl2Si/c1-2-13(11,12)8-10-5-3-9(7-10)4-6-10/h3,5,9H,2,4,6-8H2,1H3/t9-,10-/m0/s1. The molecule has 0 aromatic heterocycles. The lowest BCUT2D eigenvalue weighted by Crippen LogP contribution is -2.27. The van der Waals surface area contributed by atoms with Crippen molar-refractivity contribution in [2.75, 3.05) is 0 Å². The maximum Gasteiger partial charge on any atom is 0.251 e. The smallest absolute Gasteiger partial charge is 0.146 e. The molecule has 2 atom stereocenters. The molecule has 0 aromatic carbocycles. The molecule has 1 fully saturated rings. The lowest BCUT2D eigenvalue weighted by molar-refractivity contribution is 0.450. The lowest BCUT2D eigenvalue weighted by Gasteiger charge is -2.28. The van der Waals surface area contributed by atoms with E-state index < -0.39 is 6.69 Å². The zero-order valence-electron chi connectivity index (χ0n) is 8.02. The minimum atomic E-state index is -1.92. The lowest BCUT2D eigenvalue weighted by atomic mass is 9.90. The van der Waals surface area contributed by atoms with Crippen LogP contribution in [0.3, 0.4) is 0 Å². The Morgan fingerprint density at radius 1 is 1.54 bits per heavy atom. The van der Waals surface area contributed by atoms with Crippen LogP contribution in [0.1, 0.15) is 26.2 Å². The molecule has 2 rings (SSSR count). The fourth-order valence-corrected chi connectivity index (χ4v) is 6.03. The topological polar surface area (TPSA) is 0 Å². The zero-order valence-corrected chi connectivity index (χ0v) is 10.5. The highest BCUT2D eigenvalue weighted by atomic mass is 35.7. The summed E-state index contributed by atoms with van der Waals surface area (Å²) in [5.41, 5.74) is 0.413. The van der Waals surface area contributed by atoms with Crippen molar-refractivity contribution in [3.63, 3.8) is 0 Å². The van der Waals surface area contributed by atoms with Crippen LogP contribution in [-0.2, 0) is 0 Å². The highest BCUT2D eigenvalue weighted by molar-refractivity contribution is 7.45. The Kier molecular flexibility index (Phi) is 2.54. The summed E-state index contributed by atoms with van der Waals surface area (Å²) in [5.74, 6) is 0.843. The Balaban J connectivity index is 2.06. The van der Waals surface area contributed by atoms with Gasteiger partial charge in [0, 0.05) is 0 Å². The second-order valence-corrected chi connectivity index (χ2v) is 12.3. The van der Waals surface area contributed by atoms with E-state index in [9.17, 15) is 0 Å². The molecule has 2 aliphatic rings. The number of fused-ring (bicyclic) bond motifs is 2. The molecule has 74 valence electrons. The summed E-state index contributed by atoms with van der Waals surface area (Å²) in [5, 5.41) is 0. The van der Waals surface area contributed by atoms with Crippen molar-refractivity contribution in [3.05, 3.63) is 12.2 Å². The van der Waals surface area contributed by atoms with Gasteiger partial charge in [-0.25, -0.2) is 0 Å². The van der Waals surface area contributed by atoms with E-state index in [2.05, 4.69) is 19.1 Å². The monoisotopic (exact) mass is 234 g/mol. The Hall–Kier alpha value is 0.537. The van der Waals surface area contributed by atoms with Crippen LogP contribution in [-0.4, -0.2) is 6.69 Å². The van der Waals surface area contributed by atoms with Crippen LogP contribution in [0, 0.1) is 11.3 Å². The molecule has 0 aromatic rings. The molecule has 0 nitrogen and oxygen atoms in total. The number of hydrogen-bond acceptors (Lipinski definition) is 0. The van der Waals surface area contributed by atoms with Crippen molar-refractivity contribution in [3.8, 4) is 0 Å². The maximum atomic E-state index is 6.36. The number of allylic oxidation sites excluding steroid dienone is 2. The first kappa shape index (κ1) is 10.1. The molecule has 0 saturated heterocycles. The second kappa shape index (κ2) is 3.29. The SMILES string of the molecule is CC[Si](Cl)(Cl)C[C@@]12C=C[C@@H](CC1)C2. The van der Waals surface area contributed by atoms with Crippen molar-refractivity contribution < 1.29 is 0 Å². The molecule has 0 radical (unpaired) electrons. The molecule has 2 aliphatic carbocycles. The molecule has 0 amide bonds. The Bertz CT molecular complexity index is 237. The summed E-state index contributed by atoms with van der Waals surface area (Å²) < 4.78 is 0. The van der Waals surface area contributed by atoms with E-state index in [0.717, 1.165) is 18.0 Å². The van der Waals surface area contributed by atoms with E-state index in [-0.39, 0.29) is 0 Å². The summed E-state index contributed by atoms with van der Waals surface area (Å²) >= 11 is 12.7. The van der Waals surface area contributed by atoms with Gasteiger partial charge in [0.1, 0.15) is 0 Å². The fraction of sp³-hybridized carbons (Fsp3) is 0.800. The van der Waals surface area contributed by atoms with Crippen molar-refractivity contribution in [1.29, 1.82) is 0 Å². The first-order chi connectivity index (χ1) is 6.05. The first-order valence-corrected chi connectivity index (χ1v) is 9.56. The van der Waals surface area contributed by atoms with E-state index >= 15 is 0 Å². The van der Waals surface area contributed by atoms with Gasteiger partial charge in [-0.2, -0.15) is 0 Å². The molecule has 2 bridgehead atoms. The van der Waals surface area contributed by atoms with E-state index in [1.807, 2.05) is 0 Å². The molecule has 0 N–H and O–H groups in total. The van der Waals surface area contributed by atoms with Crippen molar-refractivity contribution in [2.24, 2.45) is 11.3 Å². The van der Waals surface area contributed by atoms with Gasteiger partial charge >= 0.3 is 0 Å². The third kappa shape index (κ3) is 1.98. The van der Waals surface area contributed by atoms with Crippen molar-refractivity contribution >= 4 is 28.9 Å². The van der Waals surface area contributed by atoms with Crippen LogP contribution >= 0.6 is 22.2 Å². The molecule has 0 aliphatic heterocycles. The van der Waals surface area contributed by atoms with Crippen LogP contribution < -0.4 is 0 Å². The zero-order chi connectivity index (χ0) is 9.53. The summed E-state index contributed by atoms with van der Waals surface area (Å²) in [6.45, 7) is 0.203. The minimum absolute atomic E-state index is 0.413. The van der Waals surface area contributed by atoms with Crippen LogP contribution in [0.15, 0.2) is 12.2 Å². The third-order valence-corrected chi connectivity index (χ3v) is 8.19. The van der Waals surface area contributed by atoms with E-state index in [1.165, 1.54) is 19.3 Å². The summed E-state index contributed by atoms with van der Waals surface area (Å²) in [4.78, 5) is 0. The predicted molar refractivity (Wildman–Crippen MR) is 61.7 cm³/mol. The molecule has 1 saturated carbocycles. The molecule has 3 heteroatoms. The van der Waals surface area contributed by atoms with Gasteiger partial charge in [0.25, 0.3) is 6.69 Å².